The molecule has 1 N–H and O–H groups in total. The molecule has 7 nitrogen and oxygen atoms in total. The maximum Gasteiger partial charge on any atom is 0.227 e. The number of Topliss-reactive ketones (excluding diaryl/α,β-unsaturated/α-hetero) is 2. The van der Waals surface area contributed by atoms with E-state index in [0.29, 0.717) is 35.4 Å². The highest BCUT2D eigenvalue weighted by Gasteiger charge is 2.63. The van der Waals surface area contributed by atoms with Gasteiger partial charge in [0, 0.05) is 33.2 Å². The Kier molecular flexibility index (Phi) is 8.41. The van der Waals surface area contributed by atoms with Crippen molar-refractivity contribution in [2.24, 2.45) is 56.7 Å². The van der Waals surface area contributed by atoms with Crippen LogP contribution < -0.4 is 0 Å². The van der Waals surface area contributed by atoms with E-state index in [0.717, 1.165) is 69.8 Å². The summed E-state index contributed by atoms with van der Waals surface area (Å²) in [5, 5.41) is 19.9. The predicted molar refractivity (Wildman–Crippen MR) is 197 cm³/mol. The fourth-order valence-corrected chi connectivity index (χ4v) is 13.1. The number of allylic oxidation sites excluding steroid dienone is 10. The van der Waals surface area contributed by atoms with Crippen molar-refractivity contribution in [3.05, 3.63) is 80.8 Å². The summed E-state index contributed by atoms with van der Waals surface area (Å²) >= 11 is 0. The normalized spacial score (nSPS) is 40.6. The Morgan fingerprint density at radius 2 is 1.52 bits per heavy atom. The highest BCUT2D eigenvalue weighted by Crippen LogP contribution is 2.68. The van der Waals surface area contributed by atoms with Crippen LogP contribution in [-0.4, -0.2) is 28.6 Å². The smallest absolute Gasteiger partial charge is 0.227 e. The van der Waals surface area contributed by atoms with Crippen LogP contribution in [0.5, 0.6) is 0 Å². The first-order valence-corrected chi connectivity index (χ1v) is 19.2. The molecule has 0 aromatic carbocycles. The molecule has 7 heteroatoms. The molecule has 0 aromatic rings. The second-order valence-corrected chi connectivity index (χ2v) is 18.1. The molecule has 8 aliphatic carbocycles. The zero-order valence-electron chi connectivity index (χ0n) is 31.1. The van der Waals surface area contributed by atoms with Gasteiger partial charge in [0.15, 0.2) is 17.3 Å². The predicted octanol–water partition coefficient (Wildman–Crippen LogP) is 8.47. The van der Waals surface area contributed by atoms with Gasteiger partial charge in [0.25, 0.3) is 0 Å². The van der Waals surface area contributed by atoms with Crippen LogP contribution in [0.15, 0.2) is 58.0 Å². The zero-order valence-corrected chi connectivity index (χ0v) is 31.1. The van der Waals surface area contributed by atoms with Gasteiger partial charge in [-0.3, -0.25) is 4.79 Å². The van der Waals surface area contributed by atoms with E-state index in [2.05, 4.69) is 41.6 Å². The van der Waals surface area contributed by atoms with Crippen LogP contribution in [0.1, 0.15) is 105 Å². The average Bonchev–Trinajstić information content (AvgIpc) is 3.73. The molecule has 268 valence electrons. The molecular weight excluding hydrogens is 647 g/mol. The summed E-state index contributed by atoms with van der Waals surface area (Å²) in [6.07, 6.45) is 24.0. The van der Waals surface area contributed by atoms with Crippen LogP contribution in [0.2, 0.25) is 0 Å². The summed E-state index contributed by atoms with van der Waals surface area (Å²) in [5.41, 5.74) is 1.43. The van der Waals surface area contributed by atoms with E-state index in [4.69, 9.17) is 19.6 Å². The first-order valence-electron chi connectivity index (χ1n) is 19.2. The van der Waals surface area contributed by atoms with Gasteiger partial charge in [0.2, 0.25) is 11.4 Å². The van der Waals surface area contributed by atoms with Gasteiger partial charge in [-0.1, -0.05) is 77.2 Å². The van der Waals surface area contributed by atoms with E-state index in [-0.39, 0.29) is 62.8 Å². The van der Waals surface area contributed by atoms with Gasteiger partial charge in [-0.2, -0.15) is 5.26 Å². The van der Waals surface area contributed by atoms with Crippen LogP contribution in [0.25, 0.3) is 9.69 Å². The summed E-state index contributed by atoms with van der Waals surface area (Å²) in [7, 11) is 0. The van der Waals surface area contributed by atoms with E-state index in [1.54, 1.807) is 6.08 Å². The molecule has 9 atom stereocenters. The van der Waals surface area contributed by atoms with E-state index in [1.807, 2.05) is 26.8 Å². The summed E-state index contributed by atoms with van der Waals surface area (Å²) < 4.78 is 0. The minimum atomic E-state index is -0.687. The Balaban J connectivity index is 0.000000162. The number of aliphatic hydroxyl groups excluding tert-OH is 1. The molecule has 4 saturated carbocycles. The molecular formula is C45H49N3O4. The van der Waals surface area contributed by atoms with Gasteiger partial charge in [0.1, 0.15) is 11.6 Å². The molecule has 0 aliphatic heterocycles. The van der Waals surface area contributed by atoms with Gasteiger partial charge in [-0.25, -0.2) is 9.69 Å². The van der Waals surface area contributed by atoms with E-state index in [1.165, 1.54) is 11.6 Å². The molecule has 1 spiro atoms. The molecule has 0 heterocycles. The molecule has 8 aliphatic rings. The number of carbonyl (C=O) groups is 3. The largest absolute Gasteiger partial charge is 0.393 e. The Morgan fingerprint density at radius 1 is 0.865 bits per heavy atom. The van der Waals surface area contributed by atoms with Crippen molar-refractivity contribution in [1.29, 1.82) is 5.26 Å². The van der Waals surface area contributed by atoms with Crippen molar-refractivity contribution in [3.63, 3.8) is 0 Å². The summed E-state index contributed by atoms with van der Waals surface area (Å²) in [5.74, 6) is 3.59. The monoisotopic (exact) mass is 695 g/mol. The number of hydrogen-bond acceptors (Lipinski definition) is 5. The van der Waals surface area contributed by atoms with Gasteiger partial charge in [-0.15, -0.1) is 6.42 Å². The fourth-order valence-electron chi connectivity index (χ4n) is 13.1. The highest BCUT2D eigenvalue weighted by atomic mass is 16.3. The van der Waals surface area contributed by atoms with Crippen molar-refractivity contribution < 1.29 is 19.5 Å². The third-order valence-corrected chi connectivity index (χ3v) is 15.7. The third-order valence-electron chi connectivity index (χ3n) is 15.7. The van der Waals surface area contributed by atoms with Crippen LogP contribution in [0, 0.1) is 93.5 Å². The molecule has 0 aromatic heterocycles. The summed E-state index contributed by atoms with van der Waals surface area (Å²) in [6, 6.07) is 1.94. The average molecular weight is 696 g/mol. The van der Waals surface area contributed by atoms with Crippen LogP contribution in [0.3, 0.4) is 0 Å². The molecule has 4 fully saturated rings. The number of fused-ring (bicyclic) bond motifs is 9. The summed E-state index contributed by atoms with van der Waals surface area (Å²) in [6.45, 7) is 25.4. The SMILES string of the molecule is [C-]#[N+]C1=CC2(C)C3=CC(=O)C(C#N)=C(C#C)C3CCC2C(C)(C)C1=O.[C-]#[N+]C1=C[C@@]2(C)C(=CC[C@H]3[C@@H]4CC[C@H](O)[C@@]4(C)CC[C@@H]32)C2(CCCC2)C1=O. The fraction of sp³-hybridized carbons (Fsp3) is 0.600. The van der Waals surface area contributed by atoms with E-state index >= 15 is 0 Å². The maximum atomic E-state index is 13.3. The molecule has 0 saturated heterocycles. The van der Waals surface area contributed by atoms with Crippen molar-refractivity contribution in [2.75, 3.05) is 0 Å². The molecule has 0 radical (unpaired) electrons. The van der Waals surface area contributed by atoms with Crippen LogP contribution >= 0.6 is 0 Å². The quantitative estimate of drug-likeness (QED) is 0.156. The third kappa shape index (κ3) is 4.68. The minimum absolute atomic E-state index is 0.0176. The van der Waals surface area contributed by atoms with Crippen molar-refractivity contribution >= 4 is 17.3 Å². The van der Waals surface area contributed by atoms with Gasteiger partial charge in [-0.05, 0) is 98.5 Å². The number of ketones is 3. The number of terminal acetylenes is 1. The van der Waals surface area contributed by atoms with Gasteiger partial charge < -0.3 is 14.7 Å². The number of carbonyl (C=O) groups excluding carboxylic acids is 3. The van der Waals surface area contributed by atoms with Crippen LogP contribution in [0.4, 0.5) is 0 Å². The second kappa shape index (κ2) is 12.1. The molecule has 0 amide bonds. The van der Waals surface area contributed by atoms with Crippen LogP contribution in [-0.2, 0) is 14.4 Å². The van der Waals surface area contributed by atoms with Crippen molar-refractivity contribution in [1.82, 2.24) is 0 Å². The number of nitriles is 1. The van der Waals surface area contributed by atoms with E-state index in [9.17, 15) is 24.8 Å². The molecule has 3 unspecified atom stereocenters. The lowest BCUT2D eigenvalue weighted by Crippen LogP contribution is -2.53. The van der Waals surface area contributed by atoms with Crippen molar-refractivity contribution in [3.8, 4) is 18.4 Å². The Labute approximate surface area is 308 Å². The number of aliphatic hydroxyl groups is 1. The van der Waals surface area contributed by atoms with Crippen molar-refractivity contribution in [2.45, 2.75) is 111 Å². The summed E-state index contributed by atoms with van der Waals surface area (Å²) in [4.78, 5) is 45.5. The number of rotatable bonds is 0. The Bertz CT molecular complexity index is 2010. The first kappa shape index (κ1) is 36.1. The van der Waals surface area contributed by atoms with E-state index < -0.39 is 10.8 Å². The topological polar surface area (TPSA) is 104 Å². The lowest BCUT2D eigenvalue weighted by Gasteiger charge is -2.58. The Morgan fingerprint density at radius 3 is 2.15 bits per heavy atom. The highest BCUT2D eigenvalue weighted by molar-refractivity contribution is 6.10. The minimum Gasteiger partial charge on any atom is -0.393 e. The molecule has 52 heavy (non-hydrogen) atoms. The standard InChI is InChI=1S/C24H31NO2.C21H18N2O2/c1-22-13-10-17-15(16(22)7-9-20(22)26)6-8-19-23(17,2)14-18(25-3)21(27)24(19)11-4-5-12-24;1-6-12-13-7-8-18-20(2,3)19(25)16(23-5)10-21(18,4)15(13)9-17(24)14(12)11-22/h8,14-17,20,26H,4-7,9-13H2,1-2H3;1,9-10,13,18H,7-8H2,2-4H3/t15-,16-,17-,20-,22-,23+;/m0./s1. The number of nitrogens with zero attached hydrogens (tertiary/aromatic N) is 3. The Hall–Kier alpha value is -4.30. The maximum absolute atomic E-state index is 13.3. The first-order chi connectivity index (χ1) is 24.6. The number of hydrogen-bond donors (Lipinski definition) is 1. The zero-order chi connectivity index (χ0) is 37.6. The van der Waals surface area contributed by atoms with Gasteiger partial charge in [0.05, 0.1) is 19.2 Å². The lowest BCUT2D eigenvalue weighted by molar-refractivity contribution is -0.130. The lowest BCUT2D eigenvalue weighted by atomic mass is 9.45. The second-order valence-electron chi connectivity index (χ2n) is 18.1. The molecule has 0 bridgehead atoms. The molecule has 8 rings (SSSR count). The van der Waals surface area contributed by atoms with Gasteiger partial charge >= 0.3 is 0 Å².